The fourth-order valence-electron chi connectivity index (χ4n) is 5.16. The van der Waals surface area contributed by atoms with Gasteiger partial charge in [0.1, 0.15) is 23.3 Å². The van der Waals surface area contributed by atoms with Crippen molar-refractivity contribution < 1.29 is 29.0 Å². The first-order valence-corrected chi connectivity index (χ1v) is 12.4. The van der Waals surface area contributed by atoms with E-state index in [2.05, 4.69) is 18.5 Å². The summed E-state index contributed by atoms with van der Waals surface area (Å²) in [6.45, 7) is 7.39. The van der Waals surface area contributed by atoms with E-state index in [4.69, 9.17) is 9.47 Å². The quantitative estimate of drug-likeness (QED) is 0.489. The molecule has 1 fully saturated rings. The fourth-order valence-corrected chi connectivity index (χ4v) is 6.15. The Hall–Kier alpha value is -3.46. The molecule has 5 rings (SSSR count). The van der Waals surface area contributed by atoms with E-state index in [-0.39, 0.29) is 45.9 Å². The zero-order valence-corrected chi connectivity index (χ0v) is 20.3. The molecular weight excluding hydrogens is 468 g/mol. The van der Waals surface area contributed by atoms with Crippen LogP contribution in [-0.2, 0) is 19.1 Å². The average Bonchev–Trinajstić information content (AvgIpc) is 3.35. The van der Waals surface area contributed by atoms with Gasteiger partial charge < -0.3 is 14.6 Å². The van der Waals surface area contributed by atoms with Crippen LogP contribution in [0.3, 0.4) is 0 Å². The predicted octanol–water partition coefficient (Wildman–Crippen LogP) is 4.25. The van der Waals surface area contributed by atoms with Crippen LogP contribution >= 0.6 is 11.3 Å². The number of aryl methyl sites for hydroxylation is 1. The molecule has 8 nitrogen and oxygen atoms in total. The van der Waals surface area contributed by atoms with Crippen LogP contribution in [0.5, 0.6) is 5.75 Å². The average molecular weight is 495 g/mol. The number of anilines is 1. The van der Waals surface area contributed by atoms with E-state index in [9.17, 15) is 19.5 Å². The lowest BCUT2D eigenvalue weighted by atomic mass is 9.74. The second-order valence-electron chi connectivity index (χ2n) is 9.26. The lowest BCUT2D eigenvalue weighted by Gasteiger charge is -2.37. The molecule has 182 valence electrons. The topological polar surface area (TPSA) is 106 Å². The Morgan fingerprint density at radius 2 is 2.17 bits per heavy atom. The summed E-state index contributed by atoms with van der Waals surface area (Å²) in [5.74, 6) is -0.984. The number of aromatic hydroxyl groups is 1. The molecule has 1 aromatic carbocycles. The number of nitrogens with zero attached hydrogens (tertiary/aromatic N) is 2. The zero-order chi connectivity index (χ0) is 24.9. The molecule has 1 amide bonds. The third kappa shape index (κ3) is 3.93. The van der Waals surface area contributed by atoms with Gasteiger partial charge in [-0.25, -0.2) is 9.78 Å². The van der Waals surface area contributed by atoms with Crippen molar-refractivity contribution in [3.05, 3.63) is 64.4 Å². The molecule has 0 radical (unpaired) electrons. The van der Waals surface area contributed by atoms with Crippen molar-refractivity contribution in [3.8, 4) is 5.75 Å². The number of ether oxygens (including phenoxy) is 2. The number of ketones is 1. The number of Topliss-reactive ketones (excluding diaryl/α,β-unsaturated/α-hetero) is 1. The van der Waals surface area contributed by atoms with Gasteiger partial charge in [0.2, 0.25) is 0 Å². The first-order chi connectivity index (χ1) is 16.8. The molecule has 0 bridgehead atoms. The maximum atomic E-state index is 13.8. The van der Waals surface area contributed by atoms with Crippen molar-refractivity contribution in [1.29, 1.82) is 0 Å². The highest BCUT2D eigenvalue weighted by atomic mass is 32.1. The normalized spacial score (nSPS) is 25.7. The minimum atomic E-state index is -0.821. The lowest BCUT2D eigenvalue weighted by molar-refractivity contribution is -0.132. The molecule has 4 atom stereocenters. The molecular formula is C26H26N2O6S. The Balaban J connectivity index is 1.60. The summed E-state index contributed by atoms with van der Waals surface area (Å²) in [5.41, 5.74) is 1.27. The number of phenolic OH excluding ortho intramolecular Hbond substituents is 1. The summed E-state index contributed by atoms with van der Waals surface area (Å²) < 4.78 is 11.4. The molecule has 1 aliphatic carbocycles. The number of esters is 1. The third-order valence-electron chi connectivity index (χ3n) is 6.80. The van der Waals surface area contributed by atoms with Gasteiger partial charge in [-0.3, -0.25) is 14.5 Å². The molecule has 2 aliphatic heterocycles. The Morgan fingerprint density at radius 3 is 2.91 bits per heavy atom. The van der Waals surface area contributed by atoms with Crippen LogP contribution in [0.25, 0.3) is 0 Å². The van der Waals surface area contributed by atoms with Crippen molar-refractivity contribution in [3.63, 3.8) is 0 Å². The van der Waals surface area contributed by atoms with Gasteiger partial charge in [-0.05, 0) is 49.8 Å². The van der Waals surface area contributed by atoms with Gasteiger partial charge in [0, 0.05) is 0 Å². The molecule has 4 unspecified atom stereocenters. The van der Waals surface area contributed by atoms with Gasteiger partial charge in [0.15, 0.2) is 16.7 Å². The number of hydrogen-bond acceptors (Lipinski definition) is 8. The molecule has 1 aromatic heterocycles. The Labute approximate surface area is 206 Å². The maximum Gasteiger partial charge on any atom is 0.350 e. The van der Waals surface area contributed by atoms with Gasteiger partial charge in [-0.2, -0.15) is 0 Å². The number of aromatic nitrogens is 1. The summed E-state index contributed by atoms with van der Waals surface area (Å²) in [4.78, 5) is 46.2. The highest BCUT2D eigenvalue weighted by Crippen LogP contribution is 2.50. The van der Waals surface area contributed by atoms with Crippen LogP contribution in [0.2, 0.25) is 0 Å². The van der Waals surface area contributed by atoms with Gasteiger partial charge in [0.25, 0.3) is 5.91 Å². The number of phenols is 1. The number of benzene rings is 1. The molecule has 3 aliphatic rings. The minimum absolute atomic E-state index is 0.0151. The van der Waals surface area contributed by atoms with Crippen molar-refractivity contribution >= 4 is 34.1 Å². The first kappa shape index (κ1) is 23.3. The van der Waals surface area contributed by atoms with Gasteiger partial charge in [-0.15, -0.1) is 0 Å². The van der Waals surface area contributed by atoms with E-state index in [0.29, 0.717) is 35.6 Å². The molecule has 1 N–H and O–H groups in total. The van der Waals surface area contributed by atoms with E-state index in [1.54, 1.807) is 19.1 Å². The highest BCUT2D eigenvalue weighted by Gasteiger charge is 2.53. The standard InChI is InChI=1S/C26H26N2O6S/c1-4-10-33-25(32)23-14(3)27-26(35-23)28-20(15-6-5-7-16(29)12-15)19-21(30)17-11-13(2)8-9-18(17)34-22(19)24(28)31/h4-7,12-13,17-18,20,29H,1,8-11H2,2-3H3. The summed E-state index contributed by atoms with van der Waals surface area (Å²) in [7, 11) is 0. The smallest absolute Gasteiger partial charge is 0.350 e. The van der Waals surface area contributed by atoms with Crippen LogP contribution in [0.15, 0.2) is 48.3 Å². The van der Waals surface area contributed by atoms with Crippen LogP contribution in [0, 0.1) is 18.8 Å². The second-order valence-corrected chi connectivity index (χ2v) is 10.2. The number of fused-ring (bicyclic) bond motifs is 1. The summed E-state index contributed by atoms with van der Waals surface area (Å²) in [6.07, 6.45) is 3.50. The van der Waals surface area contributed by atoms with E-state index in [1.165, 1.54) is 23.1 Å². The molecule has 0 saturated heterocycles. The van der Waals surface area contributed by atoms with Crippen molar-refractivity contribution in [1.82, 2.24) is 4.98 Å². The molecule has 3 heterocycles. The van der Waals surface area contributed by atoms with Crippen LogP contribution in [-0.4, -0.2) is 40.5 Å². The van der Waals surface area contributed by atoms with Crippen LogP contribution in [0.4, 0.5) is 5.13 Å². The van der Waals surface area contributed by atoms with Gasteiger partial charge in [0.05, 0.1) is 23.2 Å². The monoisotopic (exact) mass is 494 g/mol. The number of hydrogen-bond donors (Lipinski definition) is 1. The largest absolute Gasteiger partial charge is 0.508 e. The zero-order valence-electron chi connectivity index (χ0n) is 19.5. The highest BCUT2D eigenvalue weighted by molar-refractivity contribution is 7.17. The van der Waals surface area contributed by atoms with Crippen LogP contribution < -0.4 is 4.90 Å². The Bertz CT molecular complexity index is 1260. The second kappa shape index (κ2) is 8.96. The van der Waals surface area contributed by atoms with E-state index in [1.807, 2.05) is 0 Å². The Morgan fingerprint density at radius 1 is 1.37 bits per heavy atom. The molecule has 0 spiro atoms. The van der Waals surface area contributed by atoms with E-state index >= 15 is 0 Å². The van der Waals surface area contributed by atoms with E-state index in [0.717, 1.165) is 17.8 Å². The summed E-state index contributed by atoms with van der Waals surface area (Å²) in [5, 5.41) is 10.4. The number of carbonyl (C=O) groups excluding carboxylic acids is 3. The van der Waals surface area contributed by atoms with E-state index < -0.39 is 17.9 Å². The first-order valence-electron chi connectivity index (χ1n) is 11.6. The molecule has 35 heavy (non-hydrogen) atoms. The summed E-state index contributed by atoms with van der Waals surface area (Å²) >= 11 is 1.02. The minimum Gasteiger partial charge on any atom is -0.508 e. The molecule has 9 heteroatoms. The third-order valence-corrected chi connectivity index (χ3v) is 7.94. The van der Waals surface area contributed by atoms with Crippen LogP contribution in [0.1, 0.15) is 53.2 Å². The van der Waals surface area contributed by atoms with Crippen molar-refractivity contribution in [2.75, 3.05) is 11.5 Å². The van der Waals surface area contributed by atoms with Crippen molar-refractivity contribution in [2.45, 2.75) is 45.3 Å². The maximum absolute atomic E-state index is 13.8. The number of carbonyl (C=O) groups is 3. The lowest BCUT2D eigenvalue weighted by Crippen LogP contribution is -2.41. The van der Waals surface area contributed by atoms with Gasteiger partial charge >= 0.3 is 5.97 Å². The summed E-state index contributed by atoms with van der Waals surface area (Å²) in [6, 6.07) is 5.65. The molecule has 1 saturated carbocycles. The predicted molar refractivity (Wildman–Crippen MR) is 129 cm³/mol. The SMILES string of the molecule is C=CCOC(=O)c1sc(N2C(=O)C3=C(C(=O)C4CC(C)CCC4O3)C2c2cccc(O)c2)nc1C. The number of rotatable bonds is 5. The number of amides is 1. The number of thiazole rings is 1. The van der Waals surface area contributed by atoms with Gasteiger partial charge in [-0.1, -0.05) is 43.0 Å². The molecule has 2 aromatic rings. The fraction of sp³-hybridized carbons (Fsp3) is 0.385. The Kier molecular flexibility index (Phi) is 5.96. The van der Waals surface area contributed by atoms with Crippen molar-refractivity contribution in [2.24, 2.45) is 11.8 Å².